The monoisotopic (exact) mass is 274 g/mol. The second-order valence-electron chi connectivity index (χ2n) is 5.68. The Morgan fingerprint density at radius 1 is 1.45 bits per heavy atom. The van der Waals surface area contributed by atoms with Crippen LogP contribution in [0.4, 0.5) is 5.69 Å². The first-order valence-electron chi connectivity index (χ1n) is 7.48. The van der Waals surface area contributed by atoms with Gasteiger partial charge in [0.25, 0.3) is 5.91 Å². The number of carbonyl (C=O) groups excluding carboxylic acids is 1. The molecule has 1 saturated heterocycles. The number of anilines is 1. The maximum Gasteiger partial charge on any atom is 0.254 e. The van der Waals surface area contributed by atoms with Crippen molar-refractivity contribution >= 4 is 11.6 Å². The molecule has 0 bridgehead atoms. The second-order valence-corrected chi connectivity index (χ2v) is 5.68. The summed E-state index contributed by atoms with van der Waals surface area (Å²) in [6.07, 6.45) is 4.45. The number of amides is 1. The van der Waals surface area contributed by atoms with Gasteiger partial charge in [-0.25, -0.2) is 0 Å². The standard InChI is InChI=1S/C16H22N2O2/c1-18(11-12-5-4-10-20-12)16(19)14-6-2-8-15-13(14)7-3-9-17-15/h2,6,8,12,17H,3-5,7,9-11H2,1H3. The number of nitrogens with zero attached hydrogens (tertiary/aromatic N) is 1. The van der Waals surface area contributed by atoms with Crippen LogP contribution < -0.4 is 5.32 Å². The summed E-state index contributed by atoms with van der Waals surface area (Å²) in [5.41, 5.74) is 3.13. The number of carbonyl (C=O) groups is 1. The number of rotatable bonds is 3. The summed E-state index contributed by atoms with van der Waals surface area (Å²) in [6, 6.07) is 5.97. The van der Waals surface area contributed by atoms with Crippen LogP contribution in [0, 0.1) is 0 Å². The number of fused-ring (bicyclic) bond motifs is 1. The molecule has 1 fully saturated rings. The predicted octanol–water partition coefficient (Wildman–Crippen LogP) is 2.30. The first-order chi connectivity index (χ1) is 9.75. The molecular formula is C16H22N2O2. The first kappa shape index (κ1) is 13.4. The number of benzene rings is 1. The third kappa shape index (κ3) is 2.66. The van der Waals surface area contributed by atoms with Gasteiger partial charge in [-0.1, -0.05) is 6.07 Å². The van der Waals surface area contributed by atoms with Crippen molar-refractivity contribution in [3.63, 3.8) is 0 Å². The Morgan fingerprint density at radius 3 is 3.15 bits per heavy atom. The number of hydrogen-bond donors (Lipinski definition) is 1. The third-order valence-corrected chi connectivity index (χ3v) is 4.17. The van der Waals surface area contributed by atoms with Crippen molar-refractivity contribution < 1.29 is 9.53 Å². The van der Waals surface area contributed by atoms with Crippen molar-refractivity contribution in [2.45, 2.75) is 31.8 Å². The summed E-state index contributed by atoms with van der Waals surface area (Å²) in [7, 11) is 1.87. The molecule has 4 heteroatoms. The average molecular weight is 274 g/mol. The zero-order chi connectivity index (χ0) is 13.9. The Hall–Kier alpha value is -1.55. The highest BCUT2D eigenvalue weighted by Crippen LogP contribution is 2.26. The minimum absolute atomic E-state index is 0.112. The number of nitrogens with one attached hydrogen (secondary N) is 1. The fraction of sp³-hybridized carbons (Fsp3) is 0.562. The minimum atomic E-state index is 0.112. The molecule has 0 aliphatic carbocycles. The van der Waals surface area contributed by atoms with E-state index in [0.717, 1.165) is 50.1 Å². The molecule has 2 heterocycles. The van der Waals surface area contributed by atoms with E-state index in [1.807, 2.05) is 19.2 Å². The summed E-state index contributed by atoms with van der Waals surface area (Å²) in [5, 5.41) is 3.37. The van der Waals surface area contributed by atoms with E-state index >= 15 is 0 Å². The molecule has 0 aromatic heterocycles. The van der Waals surface area contributed by atoms with Crippen LogP contribution in [0.15, 0.2) is 18.2 Å². The Labute approximate surface area is 120 Å². The van der Waals surface area contributed by atoms with Gasteiger partial charge in [-0.15, -0.1) is 0 Å². The number of hydrogen-bond acceptors (Lipinski definition) is 3. The zero-order valence-corrected chi connectivity index (χ0v) is 12.0. The Balaban J connectivity index is 1.76. The van der Waals surface area contributed by atoms with E-state index in [1.165, 1.54) is 5.56 Å². The van der Waals surface area contributed by atoms with Crippen LogP contribution in [0.5, 0.6) is 0 Å². The summed E-state index contributed by atoms with van der Waals surface area (Å²) < 4.78 is 5.62. The van der Waals surface area contributed by atoms with Gasteiger partial charge in [-0.05, 0) is 43.4 Å². The van der Waals surface area contributed by atoms with Crippen LogP contribution >= 0.6 is 0 Å². The molecule has 1 N–H and O–H groups in total. The molecule has 2 aliphatic heterocycles. The van der Waals surface area contributed by atoms with Crippen molar-refractivity contribution in [3.8, 4) is 0 Å². The quantitative estimate of drug-likeness (QED) is 0.919. The van der Waals surface area contributed by atoms with Crippen LogP contribution in [0.3, 0.4) is 0 Å². The molecule has 0 radical (unpaired) electrons. The zero-order valence-electron chi connectivity index (χ0n) is 12.0. The van der Waals surface area contributed by atoms with E-state index in [-0.39, 0.29) is 12.0 Å². The molecule has 1 unspecified atom stereocenters. The SMILES string of the molecule is CN(CC1CCCO1)C(=O)c1cccc2c1CCCN2. The molecule has 20 heavy (non-hydrogen) atoms. The van der Waals surface area contributed by atoms with Crippen molar-refractivity contribution in [1.29, 1.82) is 0 Å². The third-order valence-electron chi connectivity index (χ3n) is 4.17. The second kappa shape index (κ2) is 5.83. The van der Waals surface area contributed by atoms with E-state index in [1.54, 1.807) is 4.90 Å². The normalized spacial score (nSPS) is 21.1. The van der Waals surface area contributed by atoms with Gasteiger partial charge >= 0.3 is 0 Å². The highest BCUT2D eigenvalue weighted by atomic mass is 16.5. The summed E-state index contributed by atoms with van der Waals surface area (Å²) in [5.74, 6) is 0.112. The lowest BCUT2D eigenvalue weighted by molar-refractivity contribution is 0.0586. The first-order valence-corrected chi connectivity index (χ1v) is 7.48. The van der Waals surface area contributed by atoms with Crippen LogP contribution in [0.1, 0.15) is 35.2 Å². The summed E-state index contributed by atoms with van der Waals surface area (Å²) in [6.45, 7) is 2.52. The van der Waals surface area contributed by atoms with Gasteiger partial charge in [0, 0.05) is 38.0 Å². The van der Waals surface area contributed by atoms with E-state index in [2.05, 4.69) is 11.4 Å². The van der Waals surface area contributed by atoms with Crippen molar-refractivity contribution in [2.24, 2.45) is 0 Å². The Bertz CT molecular complexity index is 495. The van der Waals surface area contributed by atoms with Crippen molar-refractivity contribution in [3.05, 3.63) is 29.3 Å². The minimum Gasteiger partial charge on any atom is -0.385 e. The lowest BCUT2D eigenvalue weighted by Gasteiger charge is -2.25. The Morgan fingerprint density at radius 2 is 2.35 bits per heavy atom. The molecule has 1 amide bonds. The lowest BCUT2D eigenvalue weighted by atomic mass is 9.97. The molecule has 3 rings (SSSR count). The molecule has 0 spiro atoms. The predicted molar refractivity (Wildman–Crippen MR) is 79.2 cm³/mol. The van der Waals surface area contributed by atoms with Crippen LogP contribution in [-0.2, 0) is 11.2 Å². The van der Waals surface area contributed by atoms with Gasteiger partial charge in [0.2, 0.25) is 0 Å². The molecule has 2 aliphatic rings. The van der Waals surface area contributed by atoms with Gasteiger partial charge in [0.15, 0.2) is 0 Å². The number of ether oxygens (including phenoxy) is 1. The maximum atomic E-state index is 12.6. The molecular weight excluding hydrogens is 252 g/mol. The van der Waals surface area contributed by atoms with E-state index in [9.17, 15) is 4.79 Å². The van der Waals surface area contributed by atoms with Gasteiger partial charge in [0.1, 0.15) is 0 Å². The molecule has 108 valence electrons. The average Bonchev–Trinajstić information content (AvgIpc) is 2.99. The fourth-order valence-electron chi connectivity index (χ4n) is 3.09. The molecule has 1 aromatic carbocycles. The summed E-state index contributed by atoms with van der Waals surface area (Å²) in [4.78, 5) is 14.5. The van der Waals surface area contributed by atoms with Crippen molar-refractivity contribution in [1.82, 2.24) is 4.90 Å². The van der Waals surface area contributed by atoms with E-state index in [4.69, 9.17) is 4.74 Å². The molecule has 0 saturated carbocycles. The van der Waals surface area contributed by atoms with E-state index in [0.29, 0.717) is 6.54 Å². The van der Waals surface area contributed by atoms with Gasteiger partial charge in [-0.2, -0.15) is 0 Å². The van der Waals surface area contributed by atoms with Gasteiger partial charge in [-0.3, -0.25) is 4.79 Å². The molecule has 1 aromatic rings. The van der Waals surface area contributed by atoms with Crippen LogP contribution in [-0.4, -0.2) is 43.7 Å². The summed E-state index contributed by atoms with van der Waals surface area (Å²) >= 11 is 0. The van der Waals surface area contributed by atoms with E-state index < -0.39 is 0 Å². The highest BCUT2D eigenvalue weighted by molar-refractivity contribution is 5.97. The topological polar surface area (TPSA) is 41.6 Å². The lowest BCUT2D eigenvalue weighted by Crippen LogP contribution is -2.35. The van der Waals surface area contributed by atoms with Crippen LogP contribution in [0.25, 0.3) is 0 Å². The smallest absolute Gasteiger partial charge is 0.254 e. The van der Waals surface area contributed by atoms with Crippen LogP contribution in [0.2, 0.25) is 0 Å². The van der Waals surface area contributed by atoms with Gasteiger partial charge < -0.3 is 15.0 Å². The Kier molecular flexibility index (Phi) is 3.92. The fourth-order valence-corrected chi connectivity index (χ4v) is 3.09. The van der Waals surface area contributed by atoms with Gasteiger partial charge in [0.05, 0.1) is 6.10 Å². The van der Waals surface area contributed by atoms with Crippen molar-refractivity contribution in [2.75, 3.05) is 32.1 Å². The molecule has 1 atom stereocenters. The largest absolute Gasteiger partial charge is 0.385 e. The maximum absolute atomic E-state index is 12.6. The number of likely N-dealkylation sites (N-methyl/N-ethyl adjacent to an activating group) is 1. The molecule has 4 nitrogen and oxygen atoms in total. The highest BCUT2D eigenvalue weighted by Gasteiger charge is 2.23.